The summed E-state index contributed by atoms with van der Waals surface area (Å²) >= 11 is 0. The highest BCUT2D eigenvalue weighted by molar-refractivity contribution is 5.84. The van der Waals surface area contributed by atoms with E-state index in [9.17, 15) is 0 Å². The molecular weight excluding hydrogens is 188 g/mol. The number of benzene rings is 1. The second-order valence-corrected chi connectivity index (χ2v) is 3.78. The maximum Gasteiger partial charge on any atom is 0.131 e. The average molecular weight is 202 g/mol. The zero-order chi connectivity index (χ0) is 10.8. The van der Waals surface area contributed by atoms with Crippen LogP contribution in [-0.2, 0) is 0 Å². The van der Waals surface area contributed by atoms with Gasteiger partial charge >= 0.3 is 0 Å². The van der Waals surface area contributed by atoms with Crippen LogP contribution in [0.3, 0.4) is 0 Å². The fourth-order valence-electron chi connectivity index (χ4n) is 1.50. The molecule has 0 fully saturated rings. The summed E-state index contributed by atoms with van der Waals surface area (Å²) in [6.07, 6.45) is 1.83. The highest BCUT2D eigenvalue weighted by atomic mass is 16.5. The van der Waals surface area contributed by atoms with Gasteiger partial charge in [0, 0.05) is 12.1 Å². The van der Waals surface area contributed by atoms with Crippen LogP contribution >= 0.6 is 0 Å². The Labute approximate surface area is 89.1 Å². The molecule has 0 aliphatic carbocycles. The predicted octanol–water partition coefficient (Wildman–Crippen LogP) is 2.76. The van der Waals surface area contributed by atoms with Crippen molar-refractivity contribution in [2.45, 2.75) is 19.8 Å². The summed E-state index contributed by atoms with van der Waals surface area (Å²) in [7, 11) is 1.66. The van der Waals surface area contributed by atoms with Crippen LogP contribution < -0.4 is 4.74 Å². The van der Waals surface area contributed by atoms with Gasteiger partial charge in [-0.2, -0.15) is 0 Å². The van der Waals surface area contributed by atoms with Gasteiger partial charge in [0.2, 0.25) is 0 Å². The zero-order valence-corrected chi connectivity index (χ0v) is 9.19. The standard InChI is InChI=1S/C12H14N2O/c1-8(2)12-13-7-9-10(14-12)5-4-6-11(9)15-3/h4-8H,1-3H3. The molecule has 2 rings (SSSR count). The molecule has 0 atom stereocenters. The Morgan fingerprint density at radius 1 is 1.27 bits per heavy atom. The van der Waals surface area contributed by atoms with Gasteiger partial charge in [0.1, 0.15) is 11.6 Å². The molecule has 0 saturated heterocycles. The second-order valence-electron chi connectivity index (χ2n) is 3.78. The van der Waals surface area contributed by atoms with E-state index >= 15 is 0 Å². The van der Waals surface area contributed by atoms with Crippen LogP contribution in [0.25, 0.3) is 10.9 Å². The molecule has 15 heavy (non-hydrogen) atoms. The van der Waals surface area contributed by atoms with E-state index in [1.807, 2.05) is 24.4 Å². The number of rotatable bonds is 2. The molecule has 0 aliphatic heterocycles. The van der Waals surface area contributed by atoms with Crippen LogP contribution in [0.2, 0.25) is 0 Å². The van der Waals surface area contributed by atoms with E-state index in [0.717, 1.165) is 22.5 Å². The highest BCUT2D eigenvalue weighted by Crippen LogP contribution is 2.24. The van der Waals surface area contributed by atoms with E-state index in [1.165, 1.54) is 0 Å². The summed E-state index contributed by atoms with van der Waals surface area (Å²) in [5, 5.41) is 0.962. The summed E-state index contributed by atoms with van der Waals surface area (Å²) < 4.78 is 5.25. The van der Waals surface area contributed by atoms with Crippen LogP contribution in [0.4, 0.5) is 0 Å². The molecule has 0 aliphatic rings. The molecule has 0 N–H and O–H groups in total. The number of hydrogen-bond acceptors (Lipinski definition) is 3. The van der Waals surface area contributed by atoms with Gasteiger partial charge in [-0.3, -0.25) is 0 Å². The first-order valence-corrected chi connectivity index (χ1v) is 5.02. The zero-order valence-electron chi connectivity index (χ0n) is 9.19. The van der Waals surface area contributed by atoms with Gasteiger partial charge in [0.15, 0.2) is 0 Å². The first-order valence-electron chi connectivity index (χ1n) is 5.02. The lowest BCUT2D eigenvalue weighted by Crippen LogP contribution is -1.97. The van der Waals surface area contributed by atoms with Crippen LogP contribution in [0.5, 0.6) is 5.75 Å². The molecule has 0 bridgehead atoms. The monoisotopic (exact) mass is 202 g/mol. The van der Waals surface area contributed by atoms with Crippen molar-refractivity contribution < 1.29 is 4.74 Å². The van der Waals surface area contributed by atoms with E-state index in [4.69, 9.17) is 4.74 Å². The van der Waals surface area contributed by atoms with Crippen LogP contribution in [0.1, 0.15) is 25.6 Å². The van der Waals surface area contributed by atoms with Crippen molar-refractivity contribution in [3.8, 4) is 5.75 Å². The number of nitrogens with zero attached hydrogens (tertiary/aromatic N) is 2. The van der Waals surface area contributed by atoms with Crippen molar-refractivity contribution in [3.05, 3.63) is 30.2 Å². The van der Waals surface area contributed by atoms with Gasteiger partial charge in [-0.25, -0.2) is 9.97 Å². The first-order chi connectivity index (χ1) is 7.22. The van der Waals surface area contributed by atoms with Crippen LogP contribution in [-0.4, -0.2) is 17.1 Å². The molecule has 3 nitrogen and oxygen atoms in total. The van der Waals surface area contributed by atoms with Gasteiger partial charge < -0.3 is 4.74 Å². The Bertz CT molecular complexity index is 480. The minimum absolute atomic E-state index is 0.348. The normalized spacial score (nSPS) is 10.9. The summed E-state index contributed by atoms with van der Waals surface area (Å²) in [5.74, 6) is 2.04. The Kier molecular flexibility index (Phi) is 2.54. The van der Waals surface area contributed by atoms with Crippen molar-refractivity contribution in [2.75, 3.05) is 7.11 Å². The van der Waals surface area contributed by atoms with Crippen molar-refractivity contribution in [1.29, 1.82) is 0 Å². The number of hydrogen-bond donors (Lipinski definition) is 0. The lowest BCUT2D eigenvalue weighted by molar-refractivity contribution is 0.419. The molecule has 0 radical (unpaired) electrons. The van der Waals surface area contributed by atoms with E-state index in [-0.39, 0.29) is 0 Å². The van der Waals surface area contributed by atoms with E-state index in [1.54, 1.807) is 7.11 Å². The molecule has 1 heterocycles. The smallest absolute Gasteiger partial charge is 0.131 e. The number of methoxy groups -OCH3 is 1. The van der Waals surface area contributed by atoms with Gasteiger partial charge in [0.05, 0.1) is 18.0 Å². The van der Waals surface area contributed by atoms with Gasteiger partial charge in [-0.15, -0.1) is 0 Å². The molecule has 1 aromatic carbocycles. The summed E-state index contributed by atoms with van der Waals surface area (Å²) in [4.78, 5) is 8.82. The predicted molar refractivity (Wildman–Crippen MR) is 60.2 cm³/mol. The minimum Gasteiger partial charge on any atom is -0.496 e. The van der Waals surface area contributed by atoms with E-state index in [0.29, 0.717) is 5.92 Å². The lowest BCUT2D eigenvalue weighted by atomic mass is 10.2. The topological polar surface area (TPSA) is 35.0 Å². The molecule has 2 aromatic rings. The van der Waals surface area contributed by atoms with Crippen molar-refractivity contribution >= 4 is 10.9 Å². The third-order valence-corrected chi connectivity index (χ3v) is 2.34. The quantitative estimate of drug-likeness (QED) is 0.751. The molecule has 0 amide bonds. The van der Waals surface area contributed by atoms with E-state index < -0.39 is 0 Å². The first kappa shape index (κ1) is 9.90. The minimum atomic E-state index is 0.348. The number of ether oxygens (including phenoxy) is 1. The summed E-state index contributed by atoms with van der Waals surface area (Å²) in [5.41, 5.74) is 0.938. The fourth-order valence-corrected chi connectivity index (χ4v) is 1.50. The largest absolute Gasteiger partial charge is 0.496 e. The third kappa shape index (κ3) is 1.77. The van der Waals surface area contributed by atoms with Crippen molar-refractivity contribution in [1.82, 2.24) is 9.97 Å². The molecular formula is C12H14N2O. The fraction of sp³-hybridized carbons (Fsp3) is 0.333. The Balaban J connectivity index is 2.63. The molecule has 0 saturated carbocycles. The Morgan fingerprint density at radius 3 is 2.73 bits per heavy atom. The molecule has 3 heteroatoms. The molecule has 1 aromatic heterocycles. The van der Waals surface area contributed by atoms with Crippen LogP contribution in [0, 0.1) is 0 Å². The lowest BCUT2D eigenvalue weighted by Gasteiger charge is -2.07. The SMILES string of the molecule is COc1cccc2nc(C(C)C)ncc12. The Morgan fingerprint density at radius 2 is 2.07 bits per heavy atom. The third-order valence-electron chi connectivity index (χ3n) is 2.34. The maximum absolute atomic E-state index is 5.25. The van der Waals surface area contributed by atoms with Gasteiger partial charge in [-0.05, 0) is 12.1 Å². The maximum atomic E-state index is 5.25. The van der Waals surface area contributed by atoms with Crippen LogP contribution in [0.15, 0.2) is 24.4 Å². The second kappa shape index (κ2) is 3.85. The van der Waals surface area contributed by atoms with Crippen molar-refractivity contribution in [2.24, 2.45) is 0 Å². The summed E-state index contributed by atoms with van der Waals surface area (Å²) in [6.45, 7) is 4.17. The molecule has 0 spiro atoms. The van der Waals surface area contributed by atoms with E-state index in [2.05, 4.69) is 23.8 Å². The highest BCUT2D eigenvalue weighted by Gasteiger charge is 2.06. The van der Waals surface area contributed by atoms with Gasteiger partial charge in [0.25, 0.3) is 0 Å². The average Bonchev–Trinajstić information content (AvgIpc) is 2.27. The Hall–Kier alpha value is -1.64. The summed E-state index contributed by atoms with van der Waals surface area (Å²) in [6, 6.07) is 5.84. The molecule has 78 valence electrons. The number of fused-ring (bicyclic) bond motifs is 1. The number of aromatic nitrogens is 2. The van der Waals surface area contributed by atoms with Crippen molar-refractivity contribution in [3.63, 3.8) is 0 Å². The van der Waals surface area contributed by atoms with Gasteiger partial charge in [-0.1, -0.05) is 19.9 Å². The molecule has 0 unspecified atom stereocenters.